The van der Waals surface area contributed by atoms with Gasteiger partial charge in [0.2, 0.25) is 0 Å². The quantitative estimate of drug-likeness (QED) is 0.876. The van der Waals surface area contributed by atoms with Gasteiger partial charge in [-0.05, 0) is 31.4 Å². The molecule has 1 aromatic rings. The third-order valence-corrected chi connectivity index (χ3v) is 6.37. The molecule has 1 aromatic heterocycles. The highest BCUT2D eigenvalue weighted by Crippen LogP contribution is 2.26. The van der Waals surface area contributed by atoms with Crippen LogP contribution in [-0.2, 0) is 10.0 Å². The summed E-state index contributed by atoms with van der Waals surface area (Å²) in [6, 6.07) is 2.54. The van der Waals surface area contributed by atoms with Crippen molar-refractivity contribution in [2.24, 2.45) is 5.92 Å². The summed E-state index contributed by atoms with van der Waals surface area (Å²) in [6.07, 6.45) is 0.757. The van der Waals surface area contributed by atoms with Crippen molar-refractivity contribution in [3.8, 4) is 0 Å². The Morgan fingerprint density at radius 2 is 1.95 bits per heavy atom. The zero-order chi connectivity index (χ0) is 14.8. The van der Waals surface area contributed by atoms with Gasteiger partial charge in [0.15, 0.2) is 0 Å². The Morgan fingerprint density at radius 1 is 1.37 bits per heavy atom. The van der Waals surface area contributed by atoms with Crippen molar-refractivity contribution < 1.29 is 18.3 Å². The molecule has 1 N–H and O–H groups in total. The lowest BCUT2D eigenvalue weighted by atomic mass is 10.1. The second-order valence-electron chi connectivity index (χ2n) is 4.92. The number of carboxylic acids is 1. The van der Waals surface area contributed by atoms with Crippen LogP contribution < -0.4 is 0 Å². The molecule has 1 atom stereocenters. The van der Waals surface area contributed by atoms with E-state index in [1.54, 1.807) is 0 Å². The maximum atomic E-state index is 12.3. The molecule has 0 fully saturated rings. The van der Waals surface area contributed by atoms with Gasteiger partial charge in [-0.2, -0.15) is 4.31 Å². The third kappa shape index (κ3) is 3.77. The van der Waals surface area contributed by atoms with Gasteiger partial charge in [-0.25, -0.2) is 13.2 Å². The lowest BCUT2D eigenvalue weighted by Gasteiger charge is -2.24. The highest BCUT2D eigenvalue weighted by Gasteiger charge is 2.27. The zero-order valence-electron chi connectivity index (χ0n) is 11.5. The first kappa shape index (κ1) is 16.1. The Balaban J connectivity index is 2.99. The summed E-state index contributed by atoms with van der Waals surface area (Å²) in [5, 5.41) is 8.83. The van der Waals surface area contributed by atoms with Crippen LogP contribution in [0.5, 0.6) is 0 Å². The van der Waals surface area contributed by atoms with Crippen LogP contribution in [0.15, 0.2) is 16.3 Å². The van der Waals surface area contributed by atoms with E-state index in [0.29, 0.717) is 5.92 Å². The molecule has 108 valence electrons. The molecule has 19 heavy (non-hydrogen) atoms. The largest absolute Gasteiger partial charge is 0.477 e. The van der Waals surface area contributed by atoms with Gasteiger partial charge in [-0.1, -0.05) is 13.8 Å². The fourth-order valence-corrected chi connectivity index (χ4v) is 4.49. The molecule has 7 heteroatoms. The number of carboxylic acid groups (broad SMARTS) is 1. The standard InChI is InChI=1S/C12H19NO4S2/c1-8(2)7-9(3)13(4)19(16,17)11-6-5-10(18-11)12(14)15/h5-6,8-9H,7H2,1-4H3,(H,14,15). The van der Waals surface area contributed by atoms with Crippen molar-refractivity contribution in [1.82, 2.24) is 4.31 Å². The average molecular weight is 305 g/mol. The predicted molar refractivity (Wildman–Crippen MR) is 75.1 cm³/mol. The number of hydrogen-bond acceptors (Lipinski definition) is 4. The van der Waals surface area contributed by atoms with Crippen LogP contribution in [-0.4, -0.2) is 36.9 Å². The van der Waals surface area contributed by atoms with Crippen LogP contribution in [0, 0.1) is 5.92 Å². The van der Waals surface area contributed by atoms with Gasteiger partial charge in [-0.3, -0.25) is 0 Å². The van der Waals surface area contributed by atoms with Crippen LogP contribution in [0.2, 0.25) is 0 Å². The molecule has 0 amide bonds. The van der Waals surface area contributed by atoms with E-state index in [1.165, 1.54) is 23.5 Å². The number of rotatable bonds is 6. The fraction of sp³-hybridized carbons (Fsp3) is 0.583. The number of hydrogen-bond donors (Lipinski definition) is 1. The number of carbonyl (C=O) groups is 1. The maximum absolute atomic E-state index is 12.3. The molecular weight excluding hydrogens is 286 g/mol. The van der Waals surface area contributed by atoms with E-state index >= 15 is 0 Å². The molecule has 5 nitrogen and oxygen atoms in total. The number of nitrogens with zero attached hydrogens (tertiary/aromatic N) is 1. The predicted octanol–water partition coefficient (Wildman–Crippen LogP) is 2.50. The van der Waals surface area contributed by atoms with Gasteiger partial charge < -0.3 is 5.11 Å². The highest BCUT2D eigenvalue weighted by atomic mass is 32.2. The van der Waals surface area contributed by atoms with Crippen LogP contribution in [0.4, 0.5) is 0 Å². The Morgan fingerprint density at radius 3 is 2.37 bits per heavy atom. The molecule has 0 aliphatic carbocycles. The minimum absolute atomic E-state index is 0.0310. The highest BCUT2D eigenvalue weighted by molar-refractivity contribution is 7.91. The first-order valence-electron chi connectivity index (χ1n) is 5.97. The minimum atomic E-state index is -3.61. The minimum Gasteiger partial charge on any atom is -0.477 e. The van der Waals surface area contributed by atoms with Gasteiger partial charge >= 0.3 is 5.97 Å². The summed E-state index contributed by atoms with van der Waals surface area (Å²) >= 11 is 0.783. The topological polar surface area (TPSA) is 74.7 Å². The number of thiophene rings is 1. The van der Waals surface area contributed by atoms with E-state index in [9.17, 15) is 13.2 Å². The average Bonchev–Trinajstić information content (AvgIpc) is 2.76. The van der Waals surface area contributed by atoms with Crippen molar-refractivity contribution >= 4 is 27.3 Å². The van der Waals surface area contributed by atoms with E-state index in [-0.39, 0.29) is 15.1 Å². The van der Waals surface area contributed by atoms with Gasteiger partial charge in [0.1, 0.15) is 9.09 Å². The summed E-state index contributed by atoms with van der Waals surface area (Å²) in [7, 11) is -2.08. The zero-order valence-corrected chi connectivity index (χ0v) is 13.1. The summed E-state index contributed by atoms with van der Waals surface area (Å²) in [5.41, 5.74) is 0. The van der Waals surface area contributed by atoms with Crippen molar-refractivity contribution in [1.29, 1.82) is 0 Å². The van der Waals surface area contributed by atoms with Crippen molar-refractivity contribution in [3.05, 3.63) is 17.0 Å². The van der Waals surface area contributed by atoms with E-state index in [4.69, 9.17) is 5.11 Å². The molecule has 0 aromatic carbocycles. The van der Waals surface area contributed by atoms with Crippen LogP contribution in [0.3, 0.4) is 0 Å². The number of sulfonamides is 1. The van der Waals surface area contributed by atoms with Crippen molar-refractivity contribution in [3.63, 3.8) is 0 Å². The first-order valence-corrected chi connectivity index (χ1v) is 8.23. The monoisotopic (exact) mass is 305 g/mol. The molecule has 1 heterocycles. The van der Waals surface area contributed by atoms with Crippen LogP contribution in [0.1, 0.15) is 36.9 Å². The molecule has 0 aliphatic rings. The van der Waals surface area contributed by atoms with Crippen LogP contribution in [0.25, 0.3) is 0 Å². The molecular formula is C12H19NO4S2. The van der Waals surface area contributed by atoms with E-state index in [1.807, 2.05) is 20.8 Å². The molecule has 1 unspecified atom stereocenters. The molecule has 1 rings (SSSR count). The SMILES string of the molecule is CC(C)CC(C)N(C)S(=O)(=O)c1ccc(C(=O)O)s1. The molecule has 0 spiro atoms. The first-order chi connectivity index (χ1) is 8.66. The van der Waals surface area contributed by atoms with E-state index in [0.717, 1.165) is 17.8 Å². The van der Waals surface area contributed by atoms with E-state index in [2.05, 4.69) is 0 Å². The summed E-state index contributed by atoms with van der Waals surface area (Å²) in [4.78, 5) is 10.8. The molecule has 0 radical (unpaired) electrons. The van der Waals surface area contributed by atoms with Gasteiger partial charge in [0.05, 0.1) is 0 Å². The Labute approximate surface area is 117 Å². The second kappa shape index (κ2) is 6.02. The van der Waals surface area contributed by atoms with Gasteiger partial charge in [0.25, 0.3) is 10.0 Å². The normalized spacial score (nSPS) is 14.0. The Kier molecular flexibility index (Phi) is 5.11. The summed E-state index contributed by atoms with van der Waals surface area (Å²) in [6.45, 7) is 5.92. The van der Waals surface area contributed by atoms with Crippen LogP contribution >= 0.6 is 11.3 Å². The Hall–Kier alpha value is -0.920. The number of aromatic carboxylic acids is 1. The molecule has 0 saturated carbocycles. The molecule has 0 aliphatic heterocycles. The van der Waals surface area contributed by atoms with Gasteiger partial charge in [0, 0.05) is 13.1 Å². The fourth-order valence-electron chi connectivity index (χ4n) is 1.78. The molecule has 0 bridgehead atoms. The van der Waals surface area contributed by atoms with Crippen molar-refractivity contribution in [2.75, 3.05) is 7.05 Å². The summed E-state index contributed by atoms with van der Waals surface area (Å²) < 4.78 is 26.1. The van der Waals surface area contributed by atoms with Crippen molar-refractivity contribution in [2.45, 2.75) is 37.4 Å². The lowest BCUT2D eigenvalue weighted by Crippen LogP contribution is -2.35. The lowest BCUT2D eigenvalue weighted by molar-refractivity contribution is 0.0702. The van der Waals surface area contributed by atoms with Gasteiger partial charge in [-0.15, -0.1) is 11.3 Å². The second-order valence-corrected chi connectivity index (χ2v) is 8.23. The van der Waals surface area contributed by atoms with E-state index < -0.39 is 16.0 Å². The Bertz CT molecular complexity index is 548. The smallest absolute Gasteiger partial charge is 0.345 e. The molecule has 0 saturated heterocycles. The summed E-state index contributed by atoms with van der Waals surface area (Å²) in [5.74, 6) is -0.713. The maximum Gasteiger partial charge on any atom is 0.345 e. The third-order valence-electron chi connectivity index (χ3n) is 2.86.